The molecule has 0 fully saturated rings. The lowest BCUT2D eigenvalue weighted by molar-refractivity contribution is 0.600. The third-order valence-electron chi connectivity index (χ3n) is 3.34. The number of benzene rings is 2. The Bertz CT molecular complexity index is 886. The molecule has 114 valence electrons. The minimum atomic E-state index is -3.44. The Kier molecular flexibility index (Phi) is 3.85. The molecule has 2 N–H and O–H groups in total. The average Bonchev–Trinajstić information content (AvgIpc) is 2.89. The van der Waals surface area contributed by atoms with Gasteiger partial charge in [-0.3, -0.25) is 4.72 Å². The summed E-state index contributed by atoms with van der Waals surface area (Å²) in [6.07, 6.45) is 0.809. The second kappa shape index (κ2) is 5.81. The summed E-state index contributed by atoms with van der Waals surface area (Å²) in [5.41, 5.74) is 2.96. The van der Waals surface area contributed by atoms with Gasteiger partial charge in [-0.25, -0.2) is 13.4 Å². The van der Waals surface area contributed by atoms with Gasteiger partial charge in [0.2, 0.25) is 10.0 Å². The zero-order chi connectivity index (χ0) is 15.6. The van der Waals surface area contributed by atoms with E-state index in [-0.39, 0.29) is 5.75 Å². The number of aryl methyl sites for hydroxylation is 1. The van der Waals surface area contributed by atoms with Gasteiger partial charge < -0.3 is 4.98 Å². The van der Waals surface area contributed by atoms with E-state index in [1.165, 1.54) is 0 Å². The molecule has 0 saturated heterocycles. The van der Waals surface area contributed by atoms with Crippen LogP contribution in [-0.2, 0) is 22.2 Å². The van der Waals surface area contributed by atoms with Crippen molar-refractivity contribution in [2.75, 3.05) is 4.72 Å². The Balaban J connectivity index is 1.82. The standard InChI is InChI=1S/C16H17N3O2S/c1-2-16-17-14-9-8-13(10-15(14)18-16)19-22(20,21)11-12-6-4-3-5-7-12/h3-10,19H,2,11H2,1H3,(H,17,18). The quantitative estimate of drug-likeness (QED) is 0.760. The molecule has 0 radical (unpaired) electrons. The first kappa shape index (κ1) is 14.6. The van der Waals surface area contributed by atoms with Crippen LogP contribution in [0.5, 0.6) is 0 Å². The summed E-state index contributed by atoms with van der Waals surface area (Å²) < 4.78 is 27.1. The van der Waals surface area contributed by atoms with E-state index in [4.69, 9.17) is 0 Å². The van der Waals surface area contributed by atoms with Crippen LogP contribution in [0.2, 0.25) is 0 Å². The molecule has 0 amide bonds. The van der Waals surface area contributed by atoms with Crippen LogP contribution < -0.4 is 4.72 Å². The second-order valence-electron chi connectivity index (χ2n) is 5.12. The monoisotopic (exact) mass is 315 g/mol. The van der Waals surface area contributed by atoms with Crippen molar-refractivity contribution in [1.82, 2.24) is 9.97 Å². The molecule has 3 aromatic rings. The molecule has 0 spiro atoms. The number of H-pyrrole nitrogens is 1. The smallest absolute Gasteiger partial charge is 0.236 e. The number of nitrogens with zero attached hydrogens (tertiary/aromatic N) is 1. The van der Waals surface area contributed by atoms with Crippen LogP contribution in [0.25, 0.3) is 11.0 Å². The number of hydrogen-bond donors (Lipinski definition) is 2. The Morgan fingerprint density at radius 3 is 2.64 bits per heavy atom. The molecule has 0 aliphatic carbocycles. The Hall–Kier alpha value is -2.34. The first-order valence-electron chi connectivity index (χ1n) is 7.09. The van der Waals surface area contributed by atoms with Gasteiger partial charge in [-0.1, -0.05) is 37.3 Å². The molecule has 22 heavy (non-hydrogen) atoms. The maximum Gasteiger partial charge on any atom is 0.236 e. The van der Waals surface area contributed by atoms with Crippen molar-refractivity contribution < 1.29 is 8.42 Å². The van der Waals surface area contributed by atoms with Gasteiger partial charge in [0.05, 0.1) is 22.5 Å². The predicted octanol–water partition coefficient (Wildman–Crippen LogP) is 3.07. The van der Waals surface area contributed by atoms with Crippen molar-refractivity contribution in [2.45, 2.75) is 19.1 Å². The SMILES string of the molecule is CCc1nc2ccc(NS(=O)(=O)Cc3ccccc3)cc2[nH]1. The lowest BCUT2D eigenvalue weighted by atomic mass is 10.2. The van der Waals surface area contributed by atoms with Crippen molar-refractivity contribution in [3.8, 4) is 0 Å². The number of hydrogen-bond acceptors (Lipinski definition) is 3. The summed E-state index contributed by atoms with van der Waals surface area (Å²) >= 11 is 0. The van der Waals surface area contributed by atoms with Crippen LogP contribution in [0.1, 0.15) is 18.3 Å². The van der Waals surface area contributed by atoms with Gasteiger partial charge in [0, 0.05) is 6.42 Å². The van der Waals surface area contributed by atoms with Crippen molar-refractivity contribution >= 4 is 26.7 Å². The van der Waals surface area contributed by atoms with Gasteiger partial charge in [0.1, 0.15) is 5.82 Å². The number of rotatable bonds is 5. The average molecular weight is 315 g/mol. The Morgan fingerprint density at radius 2 is 1.91 bits per heavy atom. The van der Waals surface area contributed by atoms with Gasteiger partial charge >= 0.3 is 0 Å². The molecule has 0 unspecified atom stereocenters. The zero-order valence-corrected chi connectivity index (χ0v) is 13.0. The first-order chi connectivity index (χ1) is 10.6. The molecule has 2 aromatic carbocycles. The van der Waals surface area contributed by atoms with Crippen LogP contribution in [-0.4, -0.2) is 18.4 Å². The van der Waals surface area contributed by atoms with E-state index in [0.29, 0.717) is 5.69 Å². The van der Waals surface area contributed by atoms with Crippen molar-refractivity contribution in [1.29, 1.82) is 0 Å². The topological polar surface area (TPSA) is 74.8 Å². The Morgan fingerprint density at radius 1 is 1.14 bits per heavy atom. The molecular weight excluding hydrogens is 298 g/mol. The van der Waals surface area contributed by atoms with E-state index in [1.54, 1.807) is 24.3 Å². The van der Waals surface area contributed by atoms with E-state index in [2.05, 4.69) is 14.7 Å². The number of fused-ring (bicyclic) bond motifs is 1. The van der Waals surface area contributed by atoms with Gasteiger partial charge in [-0.05, 0) is 23.8 Å². The van der Waals surface area contributed by atoms with Crippen LogP contribution in [0.15, 0.2) is 48.5 Å². The van der Waals surface area contributed by atoms with Crippen LogP contribution in [0.3, 0.4) is 0 Å². The minimum Gasteiger partial charge on any atom is -0.342 e. The summed E-state index contributed by atoms with van der Waals surface area (Å²) in [4.78, 5) is 7.58. The molecule has 3 rings (SSSR count). The summed E-state index contributed by atoms with van der Waals surface area (Å²) in [6.45, 7) is 2.02. The highest BCUT2D eigenvalue weighted by atomic mass is 32.2. The molecule has 5 nitrogen and oxygen atoms in total. The Labute approximate surface area is 129 Å². The van der Waals surface area contributed by atoms with Crippen molar-refractivity contribution in [3.63, 3.8) is 0 Å². The van der Waals surface area contributed by atoms with Crippen LogP contribution in [0.4, 0.5) is 5.69 Å². The predicted molar refractivity (Wildman–Crippen MR) is 88.2 cm³/mol. The largest absolute Gasteiger partial charge is 0.342 e. The van der Waals surface area contributed by atoms with E-state index < -0.39 is 10.0 Å². The van der Waals surface area contributed by atoms with Crippen molar-refractivity contribution in [3.05, 3.63) is 59.9 Å². The number of aromatic nitrogens is 2. The molecule has 1 heterocycles. The number of nitrogens with one attached hydrogen (secondary N) is 2. The van der Waals surface area contributed by atoms with Crippen LogP contribution in [0, 0.1) is 0 Å². The van der Waals surface area contributed by atoms with Gasteiger partial charge in [0.25, 0.3) is 0 Å². The highest BCUT2D eigenvalue weighted by molar-refractivity contribution is 7.91. The molecule has 0 aliphatic rings. The molecule has 0 atom stereocenters. The van der Waals surface area contributed by atoms with E-state index >= 15 is 0 Å². The molecule has 0 bridgehead atoms. The normalized spacial score (nSPS) is 11.7. The lowest BCUT2D eigenvalue weighted by Crippen LogP contribution is -2.14. The summed E-state index contributed by atoms with van der Waals surface area (Å²) in [5, 5.41) is 0. The third kappa shape index (κ3) is 3.28. The molecular formula is C16H17N3O2S. The fourth-order valence-electron chi connectivity index (χ4n) is 2.30. The number of anilines is 1. The molecule has 0 saturated carbocycles. The van der Waals surface area contributed by atoms with E-state index in [9.17, 15) is 8.42 Å². The second-order valence-corrected chi connectivity index (χ2v) is 6.84. The van der Waals surface area contributed by atoms with Crippen molar-refractivity contribution in [2.24, 2.45) is 0 Å². The lowest BCUT2D eigenvalue weighted by Gasteiger charge is -2.08. The number of imidazole rings is 1. The number of aromatic amines is 1. The maximum atomic E-state index is 12.2. The summed E-state index contributed by atoms with van der Waals surface area (Å²) in [6, 6.07) is 14.4. The first-order valence-corrected chi connectivity index (χ1v) is 8.74. The van der Waals surface area contributed by atoms with E-state index in [0.717, 1.165) is 28.8 Å². The molecule has 0 aliphatic heterocycles. The van der Waals surface area contributed by atoms with Crippen LogP contribution >= 0.6 is 0 Å². The molecule has 6 heteroatoms. The fourth-order valence-corrected chi connectivity index (χ4v) is 3.49. The van der Waals surface area contributed by atoms with E-state index in [1.807, 2.05) is 31.2 Å². The van der Waals surface area contributed by atoms with Gasteiger partial charge in [-0.2, -0.15) is 0 Å². The van der Waals surface area contributed by atoms with Gasteiger partial charge in [-0.15, -0.1) is 0 Å². The fraction of sp³-hybridized carbons (Fsp3) is 0.188. The minimum absolute atomic E-state index is 0.0466. The highest BCUT2D eigenvalue weighted by Crippen LogP contribution is 2.19. The molecule has 1 aromatic heterocycles. The summed E-state index contributed by atoms with van der Waals surface area (Å²) in [5.74, 6) is 0.842. The maximum absolute atomic E-state index is 12.2. The highest BCUT2D eigenvalue weighted by Gasteiger charge is 2.12. The zero-order valence-electron chi connectivity index (χ0n) is 12.2. The summed E-state index contributed by atoms with van der Waals surface area (Å²) in [7, 11) is -3.44. The van der Waals surface area contributed by atoms with Gasteiger partial charge in [0.15, 0.2) is 0 Å². The third-order valence-corrected chi connectivity index (χ3v) is 4.60. The number of sulfonamides is 1.